The number of carboxylic acid groups (broad SMARTS) is 3. The largest absolute Gasteiger partial charge is 0.489 e. The predicted octanol–water partition coefficient (Wildman–Crippen LogP) is 9.13. The van der Waals surface area contributed by atoms with Gasteiger partial charge in [0, 0.05) is 18.2 Å². The maximum Gasteiger partial charge on any atom is 0.341 e. The van der Waals surface area contributed by atoms with Gasteiger partial charge >= 0.3 is 17.9 Å². The van der Waals surface area contributed by atoms with Gasteiger partial charge in [-0.2, -0.15) is 0 Å². The van der Waals surface area contributed by atoms with Gasteiger partial charge in [0.1, 0.15) is 79.0 Å². The molecule has 7 aromatic rings. The molecule has 0 atom stereocenters. The molecule has 0 bridgehead atoms. The molecule has 0 heterocycles. The highest BCUT2D eigenvalue weighted by Gasteiger charge is 2.20. The van der Waals surface area contributed by atoms with E-state index in [1.165, 1.54) is 6.07 Å². The van der Waals surface area contributed by atoms with Crippen molar-refractivity contribution in [2.24, 2.45) is 0 Å². The van der Waals surface area contributed by atoms with E-state index in [9.17, 15) is 34.8 Å². The van der Waals surface area contributed by atoms with Gasteiger partial charge in [-0.1, -0.05) is 91.0 Å². The monoisotopic (exact) mass is 936 g/mol. The van der Waals surface area contributed by atoms with Gasteiger partial charge in [-0.3, -0.25) is 0 Å². The van der Waals surface area contributed by atoms with Gasteiger partial charge < -0.3 is 58.3 Å². The highest BCUT2D eigenvalue weighted by atomic mass is 16.5. The zero-order chi connectivity index (χ0) is 48.4. The molecule has 0 aromatic heterocycles. The number of hydrogen-bond donors (Lipinski definition) is 4. The minimum Gasteiger partial charge on any atom is -0.489 e. The minimum atomic E-state index is -1.23. The molecule has 0 saturated carbocycles. The van der Waals surface area contributed by atoms with Crippen molar-refractivity contribution < 1.29 is 72.7 Å². The third-order valence-electron chi connectivity index (χ3n) is 9.98. The van der Waals surface area contributed by atoms with E-state index in [2.05, 4.69) is 0 Å². The van der Waals surface area contributed by atoms with Crippen LogP contribution >= 0.6 is 0 Å². The Morgan fingerprint density at radius 1 is 0.333 bits per heavy atom. The van der Waals surface area contributed by atoms with Gasteiger partial charge in [0.15, 0.2) is 19.8 Å². The molecule has 0 aliphatic heterocycles. The summed E-state index contributed by atoms with van der Waals surface area (Å²) in [4.78, 5) is 34.7. The van der Waals surface area contributed by atoms with Crippen molar-refractivity contribution in [1.82, 2.24) is 0 Å². The van der Waals surface area contributed by atoms with Crippen molar-refractivity contribution in [3.63, 3.8) is 0 Å². The lowest BCUT2D eigenvalue weighted by atomic mass is 10.00. The fourth-order valence-electron chi connectivity index (χ4n) is 6.87. The van der Waals surface area contributed by atoms with Crippen LogP contribution in [0.25, 0.3) is 11.1 Å². The second kappa shape index (κ2) is 24.2. The van der Waals surface area contributed by atoms with Crippen molar-refractivity contribution in [1.29, 1.82) is 0 Å². The summed E-state index contributed by atoms with van der Waals surface area (Å²) in [5, 5.41) is 38.7. The summed E-state index contributed by atoms with van der Waals surface area (Å²) >= 11 is 0. The number of carbonyl (C=O) groups is 3. The molecule has 0 unspecified atom stereocenters. The zero-order valence-corrected chi connectivity index (χ0v) is 37.2. The Bertz CT molecular complexity index is 2680. The fourth-order valence-corrected chi connectivity index (χ4v) is 6.87. The van der Waals surface area contributed by atoms with Crippen LogP contribution in [0.15, 0.2) is 158 Å². The van der Waals surface area contributed by atoms with Gasteiger partial charge in [0.25, 0.3) is 0 Å². The number of aliphatic carboxylic acids is 3. The molecule has 0 spiro atoms. The first-order valence-corrected chi connectivity index (χ1v) is 21.6. The Balaban J connectivity index is 1.26. The maximum atomic E-state index is 11.9. The Hall–Kier alpha value is -8.69. The molecule has 69 heavy (non-hydrogen) atoms. The van der Waals surface area contributed by atoms with Crippen LogP contribution in [0, 0.1) is 0 Å². The highest BCUT2D eigenvalue weighted by Crippen LogP contribution is 2.43. The van der Waals surface area contributed by atoms with E-state index in [1.807, 2.05) is 91.0 Å². The average Bonchev–Trinajstić information content (AvgIpc) is 3.36. The summed E-state index contributed by atoms with van der Waals surface area (Å²) < 4.78 is 48.4. The minimum absolute atomic E-state index is 0.0663. The van der Waals surface area contributed by atoms with Crippen molar-refractivity contribution in [3.05, 3.63) is 191 Å². The second-order valence-electron chi connectivity index (χ2n) is 15.4. The first-order chi connectivity index (χ1) is 33.5. The van der Waals surface area contributed by atoms with Crippen molar-refractivity contribution in [2.75, 3.05) is 19.8 Å². The average molecular weight is 937 g/mol. The molecular formula is C54H48O15. The van der Waals surface area contributed by atoms with Crippen LogP contribution in [0.3, 0.4) is 0 Å². The molecule has 15 heteroatoms. The topological polar surface area (TPSA) is 206 Å². The van der Waals surface area contributed by atoms with Gasteiger partial charge in [-0.05, 0) is 87.5 Å². The van der Waals surface area contributed by atoms with Crippen molar-refractivity contribution >= 4 is 17.9 Å². The van der Waals surface area contributed by atoms with Gasteiger partial charge in [-0.25, -0.2) is 14.4 Å². The molecule has 15 nitrogen and oxygen atoms in total. The van der Waals surface area contributed by atoms with Gasteiger partial charge in [-0.15, -0.1) is 0 Å². The van der Waals surface area contributed by atoms with Crippen LogP contribution in [0.1, 0.15) is 33.4 Å². The van der Waals surface area contributed by atoms with Gasteiger partial charge in [0.05, 0.1) is 12.2 Å². The third-order valence-corrected chi connectivity index (χ3v) is 9.98. The lowest BCUT2D eigenvalue weighted by Crippen LogP contribution is -2.11. The van der Waals surface area contributed by atoms with Crippen molar-refractivity contribution in [3.8, 4) is 57.1 Å². The summed E-state index contributed by atoms with van der Waals surface area (Å²) in [6, 6.07) is 46.5. The number of ether oxygens (including phenoxy) is 8. The quantitative estimate of drug-likeness (QED) is 0.0400. The summed E-state index contributed by atoms with van der Waals surface area (Å²) in [6.07, 6.45) is 0. The zero-order valence-electron chi connectivity index (χ0n) is 37.2. The number of rotatable bonds is 26. The van der Waals surface area contributed by atoms with E-state index < -0.39 is 44.3 Å². The standard InChI is InChI=1S/C54H48O15/c55-27-39-20-49(68-30-38-14-8-3-9-15-38)54(50(21-39)69-35-53(60)61)42-22-47(64-31-40-16-43(24-45(18-40)66-33-51(56)57)62-28-36-10-4-1-5-11-36)26-48(23-42)65-32-41-17-44(25-46(19-41)67-34-52(58)59)63-29-37-12-6-2-7-13-37/h1-26,55H,27-35H2,(H,56,57)(H,58,59)(H,60,61). The molecule has 0 radical (unpaired) electrons. The molecule has 0 amide bonds. The number of aliphatic hydroxyl groups is 1. The number of hydrogen-bond acceptors (Lipinski definition) is 12. The van der Waals surface area contributed by atoms with Gasteiger partial charge in [0.2, 0.25) is 0 Å². The van der Waals surface area contributed by atoms with Crippen LogP contribution < -0.4 is 37.9 Å². The van der Waals surface area contributed by atoms with E-state index in [0.29, 0.717) is 39.3 Å². The summed E-state index contributed by atoms with van der Waals surface area (Å²) in [7, 11) is 0. The third kappa shape index (κ3) is 15.2. The van der Waals surface area contributed by atoms with Crippen LogP contribution in [0.2, 0.25) is 0 Å². The molecule has 0 aliphatic carbocycles. The second-order valence-corrected chi connectivity index (χ2v) is 15.4. The van der Waals surface area contributed by atoms with Crippen LogP contribution in [0.4, 0.5) is 0 Å². The molecule has 354 valence electrons. The van der Waals surface area contributed by atoms with E-state index in [1.54, 1.807) is 60.7 Å². The SMILES string of the molecule is O=C(O)COc1cc(COc2cc(OCc3cc(OCC(=O)O)cc(OCc4ccccc4)c3)cc(-c3c(OCC(=O)O)cc(CO)cc3OCc3ccccc3)c2)cc(OCc2ccccc2)c1. The Morgan fingerprint density at radius 3 is 1.03 bits per heavy atom. The van der Waals surface area contributed by atoms with Crippen LogP contribution in [-0.4, -0.2) is 58.2 Å². The summed E-state index contributed by atoms with van der Waals surface area (Å²) in [5.74, 6) is -1.33. The molecule has 0 saturated heterocycles. The number of benzene rings is 7. The number of carboxylic acids is 3. The van der Waals surface area contributed by atoms with E-state index in [4.69, 9.17) is 37.9 Å². The first kappa shape index (κ1) is 48.2. The van der Waals surface area contributed by atoms with Crippen LogP contribution in [-0.2, 0) is 54.0 Å². The summed E-state index contributed by atoms with van der Waals surface area (Å²) in [5.41, 5.74) is 4.97. The Kier molecular flexibility index (Phi) is 16.9. The van der Waals surface area contributed by atoms with E-state index in [-0.39, 0.29) is 67.5 Å². The van der Waals surface area contributed by atoms with Crippen LogP contribution in [0.5, 0.6) is 46.0 Å². The first-order valence-electron chi connectivity index (χ1n) is 21.6. The Morgan fingerprint density at radius 2 is 0.652 bits per heavy atom. The molecule has 4 N–H and O–H groups in total. The molecule has 7 aromatic carbocycles. The molecule has 0 aliphatic rings. The fraction of sp³-hybridized carbons (Fsp3) is 0.167. The number of aliphatic hydroxyl groups excluding tert-OH is 1. The molecule has 7 rings (SSSR count). The Labute approximate surface area is 397 Å². The molecule has 0 fully saturated rings. The summed E-state index contributed by atoms with van der Waals surface area (Å²) in [6.45, 7) is -1.83. The normalized spacial score (nSPS) is 10.7. The highest BCUT2D eigenvalue weighted by molar-refractivity contribution is 5.80. The van der Waals surface area contributed by atoms with E-state index in [0.717, 1.165) is 16.7 Å². The molecular weight excluding hydrogens is 889 g/mol. The maximum absolute atomic E-state index is 11.9. The predicted molar refractivity (Wildman–Crippen MR) is 251 cm³/mol. The lowest BCUT2D eigenvalue weighted by Gasteiger charge is -2.20. The van der Waals surface area contributed by atoms with Crippen molar-refractivity contribution in [2.45, 2.75) is 39.6 Å². The lowest BCUT2D eigenvalue weighted by molar-refractivity contribution is -0.140. The smallest absolute Gasteiger partial charge is 0.341 e. The van der Waals surface area contributed by atoms with E-state index >= 15 is 0 Å².